The second-order valence-electron chi connectivity index (χ2n) is 5.09. The van der Waals surface area contributed by atoms with Gasteiger partial charge in [0.15, 0.2) is 0 Å². The van der Waals surface area contributed by atoms with Crippen LogP contribution < -0.4 is 5.32 Å². The van der Waals surface area contributed by atoms with Gasteiger partial charge in [0.25, 0.3) is 0 Å². The van der Waals surface area contributed by atoms with Gasteiger partial charge in [0.1, 0.15) is 5.76 Å². The minimum absolute atomic E-state index is 0.454. The third kappa shape index (κ3) is 4.03. The zero-order chi connectivity index (χ0) is 13.7. The Morgan fingerprint density at radius 2 is 1.89 bits per heavy atom. The smallest absolute Gasteiger partial charge is 0.107 e. The van der Waals surface area contributed by atoms with Gasteiger partial charge >= 0.3 is 0 Å². The molecule has 1 aromatic carbocycles. The second-order valence-corrected chi connectivity index (χ2v) is 5.52. The van der Waals surface area contributed by atoms with Crippen molar-refractivity contribution in [3.05, 3.63) is 53.4 Å². The van der Waals surface area contributed by atoms with Crippen molar-refractivity contribution in [1.29, 1.82) is 0 Å². The van der Waals surface area contributed by atoms with Crippen LogP contribution in [-0.4, -0.2) is 6.54 Å². The third-order valence-electron chi connectivity index (χ3n) is 3.34. The highest BCUT2D eigenvalue weighted by atomic mass is 35.5. The van der Waals surface area contributed by atoms with E-state index in [1.165, 1.54) is 0 Å². The Morgan fingerprint density at radius 3 is 2.47 bits per heavy atom. The van der Waals surface area contributed by atoms with Crippen LogP contribution in [0.15, 0.2) is 47.1 Å². The highest BCUT2D eigenvalue weighted by molar-refractivity contribution is 6.30. The lowest BCUT2D eigenvalue weighted by atomic mass is 9.90. The highest BCUT2D eigenvalue weighted by Gasteiger charge is 2.17. The highest BCUT2D eigenvalue weighted by Crippen LogP contribution is 2.28. The van der Waals surface area contributed by atoms with Gasteiger partial charge in [0.2, 0.25) is 0 Å². The molecule has 0 radical (unpaired) electrons. The quantitative estimate of drug-likeness (QED) is 0.787. The molecule has 0 saturated heterocycles. The zero-order valence-corrected chi connectivity index (χ0v) is 12.2. The molecule has 0 spiro atoms. The molecule has 0 amide bonds. The molecule has 2 aromatic rings. The van der Waals surface area contributed by atoms with E-state index in [4.69, 9.17) is 16.0 Å². The van der Waals surface area contributed by atoms with Crippen molar-refractivity contribution in [2.75, 3.05) is 11.9 Å². The Bertz CT molecular complexity index is 476. The average molecular weight is 278 g/mol. The minimum Gasteiger partial charge on any atom is -0.469 e. The van der Waals surface area contributed by atoms with Gasteiger partial charge in [0.05, 0.1) is 6.26 Å². The lowest BCUT2D eigenvalue weighted by Crippen LogP contribution is -2.12. The zero-order valence-electron chi connectivity index (χ0n) is 11.4. The summed E-state index contributed by atoms with van der Waals surface area (Å²) in [7, 11) is 0. The van der Waals surface area contributed by atoms with Gasteiger partial charge in [-0.1, -0.05) is 25.4 Å². The van der Waals surface area contributed by atoms with E-state index in [2.05, 4.69) is 25.2 Å². The molecule has 0 aliphatic carbocycles. The van der Waals surface area contributed by atoms with Crippen LogP contribution >= 0.6 is 11.6 Å². The molecule has 0 saturated carbocycles. The first-order valence-corrected chi connectivity index (χ1v) is 7.07. The van der Waals surface area contributed by atoms with E-state index in [0.717, 1.165) is 29.4 Å². The number of nitrogens with one attached hydrogen (secondary N) is 1. The van der Waals surface area contributed by atoms with Crippen LogP contribution in [0.2, 0.25) is 5.02 Å². The van der Waals surface area contributed by atoms with Crippen molar-refractivity contribution in [1.82, 2.24) is 0 Å². The summed E-state index contributed by atoms with van der Waals surface area (Å²) in [6.45, 7) is 5.39. The van der Waals surface area contributed by atoms with Crippen molar-refractivity contribution in [2.45, 2.75) is 26.2 Å². The first-order valence-electron chi connectivity index (χ1n) is 6.69. The maximum absolute atomic E-state index is 5.87. The summed E-state index contributed by atoms with van der Waals surface area (Å²) in [6, 6.07) is 11.8. The van der Waals surface area contributed by atoms with Crippen molar-refractivity contribution in [3.63, 3.8) is 0 Å². The van der Waals surface area contributed by atoms with E-state index in [1.54, 1.807) is 6.26 Å². The van der Waals surface area contributed by atoms with E-state index >= 15 is 0 Å². The Balaban J connectivity index is 1.88. The normalized spacial score (nSPS) is 12.6. The fraction of sp³-hybridized carbons (Fsp3) is 0.375. The van der Waals surface area contributed by atoms with Crippen LogP contribution in [0, 0.1) is 5.92 Å². The number of anilines is 1. The Morgan fingerprint density at radius 1 is 1.16 bits per heavy atom. The summed E-state index contributed by atoms with van der Waals surface area (Å²) in [5.74, 6) is 2.10. The summed E-state index contributed by atoms with van der Waals surface area (Å²) in [6.07, 6.45) is 2.80. The predicted octanol–water partition coefficient (Wildman–Crippen LogP) is 5.17. The van der Waals surface area contributed by atoms with Crippen LogP contribution in [0.5, 0.6) is 0 Å². The summed E-state index contributed by atoms with van der Waals surface area (Å²) in [5, 5.41) is 4.18. The largest absolute Gasteiger partial charge is 0.469 e. The number of benzene rings is 1. The molecule has 0 fully saturated rings. The molecule has 3 heteroatoms. The molecule has 0 bridgehead atoms. The van der Waals surface area contributed by atoms with Crippen molar-refractivity contribution in [2.24, 2.45) is 5.92 Å². The molecule has 102 valence electrons. The maximum Gasteiger partial charge on any atom is 0.107 e. The number of halogens is 1. The van der Waals surface area contributed by atoms with Crippen molar-refractivity contribution >= 4 is 17.3 Å². The van der Waals surface area contributed by atoms with Gasteiger partial charge in [0, 0.05) is 23.2 Å². The average Bonchev–Trinajstić information content (AvgIpc) is 2.90. The molecule has 0 aliphatic rings. The van der Waals surface area contributed by atoms with E-state index in [9.17, 15) is 0 Å². The Hall–Kier alpha value is -1.41. The molecule has 1 heterocycles. The van der Waals surface area contributed by atoms with E-state index in [0.29, 0.717) is 11.8 Å². The Labute approximate surface area is 119 Å². The topological polar surface area (TPSA) is 25.2 Å². The number of hydrogen-bond donors (Lipinski definition) is 1. The monoisotopic (exact) mass is 277 g/mol. The number of hydrogen-bond acceptors (Lipinski definition) is 2. The summed E-state index contributed by atoms with van der Waals surface area (Å²) in [5.41, 5.74) is 1.10. The lowest BCUT2D eigenvalue weighted by Gasteiger charge is -2.19. The first kappa shape index (κ1) is 14.0. The van der Waals surface area contributed by atoms with E-state index in [1.807, 2.05) is 30.3 Å². The van der Waals surface area contributed by atoms with Gasteiger partial charge in [-0.25, -0.2) is 0 Å². The van der Waals surface area contributed by atoms with Gasteiger partial charge in [-0.2, -0.15) is 0 Å². The first-order chi connectivity index (χ1) is 9.16. The molecular formula is C16H20ClNO. The molecule has 1 atom stereocenters. The number of furan rings is 1. The van der Waals surface area contributed by atoms with Crippen molar-refractivity contribution in [3.8, 4) is 0 Å². The van der Waals surface area contributed by atoms with Gasteiger partial charge < -0.3 is 9.73 Å². The standard InChI is InChI=1S/C16H20ClNO/c1-12(2)15(16-4-3-11-19-16)9-10-18-14-7-5-13(17)6-8-14/h3-8,11-12,15,18H,9-10H2,1-2H3. The van der Waals surface area contributed by atoms with Crippen LogP contribution in [0.3, 0.4) is 0 Å². The maximum atomic E-state index is 5.87. The minimum atomic E-state index is 0.454. The van der Waals surface area contributed by atoms with Crippen LogP contribution in [-0.2, 0) is 0 Å². The SMILES string of the molecule is CC(C)C(CCNc1ccc(Cl)cc1)c1ccco1. The fourth-order valence-corrected chi connectivity index (χ4v) is 2.37. The molecule has 1 N–H and O–H groups in total. The van der Waals surface area contributed by atoms with Crippen LogP contribution in [0.4, 0.5) is 5.69 Å². The molecule has 2 nitrogen and oxygen atoms in total. The molecule has 2 rings (SSSR count). The van der Waals surface area contributed by atoms with E-state index in [-0.39, 0.29) is 0 Å². The van der Waals surface area contributed by atoms with Crippen LogP contribution in [0.1, 0.15) is 31.9 Å². The van der Waals surface area contributed by atoms with Gasteiger partial charge in [-0.15, -0.1) is 0 Å². The Kier molecular flexibility index (Phi) is 4.92. The summed E-state index contributed by atoms with van der Waals surface area (Å²) < 4.78 is 5.53. The third-order valence-corrected chi connectivity index (χ3v) is 3.59. The second kappa shape index (κ2) is 6.67. The molecular weight excluding hydrogens is 258 g/mol. The number of rotatable bonds is 6. The fourth-order valence-electron chi connectivity index (χ4n) is 2.25. The molecule has 19 heavy (non-hydrogen) atoms. The van der Waals surface area contributed by atoms with E-state index < -0.39 is 0 Å². The summed E-state index contributed by atoms with van der Waals surface area (Å²) >= 11 is 5.87. The molecule has 0 aliphatic heterocycles. The molecule has 1 unspecified atom stereocenters. The van der Waals surface area contributed by atoms with Crippen molar-refractivity contribution < 1.29 is 4.42 Å². The lowest BCUT2D eigenvalue weighted by molar-refractivity contribution is 0.383. The van der Waals surface area contributed by atoms with Gasteiger partial charge in [-0.05, 0) is 48.7 Å². The predicted molar refractivity (Wildman–Crippen MR) is 80.8 cm³/mol. The van der Waals surface area contributed by atoms with Crippen LogP contribution in [0.25, 0.3) is 0 Å². The summed E-state index contributed by atoms with van der Waals surface area (Å²) in [4.78, 5) is 0. The van der Waals surface area contributed by atoms with Gasteiger partial charge in [-0.3, -0.25) is 0 Å². The molecule has 1 aromatic heterocycles.